The van der Waals surface area contributed by atoms with Gasteiger partial charge in [0.15, 0.2) is 0 Å². The van der Waals surface area contributed by atoms with E-state index in [1.165, 1.54) is 20.8 Å². The number of alkyl carbamates (subject to hydrolysis) is 1. The Bertz CT molecular complexity index is 565. The Kier molecular flexibility index (Phi) is 7.76. The van der Waals surface area contributed by atoms with Gasteiger partial charge in [-0.2, -0.15) is 8.78 Å². The van der Waals surface area contributed by atoms with E-state index in [4.69, 9.17) is 4.74 Å². The van der Waals surface area contributed by atoms with Crippen LogP contribution >= 0.6 is 0 Å². The normalized spacial score (nSPS) is 13.9. The van der Waals surface area contributed by atoms with E-state index >= 15 is 0 Å². The van der Waals surface area contributed by atoms with E-state index in [1.54, 1.807) is 30.3 Å². The Morgan fingerprint density at radius 1 is 1.20 bits per heavy atom. The Balaban J connectivity index is 2.72. The summed E-state index contributed by atoms with van der Waals surface area (Å²) in [5, 5.41) is 12.1. The maximum atomic E-state index is 14.0. The van der Waals surface area contributed by atoms with Gasteiger partial charge in [-0.1, -0.05) is 44.2 Å². The number of benzene rings is 1. The smallest absolute Gasteiger partial charge is 0.407 e. The second-order valence-corrected chi connectivity index (χ2v) is 5.76. The Labute approximate surface area is 145 Å². The van der Waals surface area contributed by atoms with Crippen LogP contribution in [0.25, 0.3) is 0 Å². The highest BCUT2D eigenvalue weighted by atomic mass is 19.3. The lowest BCUT2D eigenvalue weighted by atomic mass is 9.94. The van der Waals surface area contributed by atoms with Crippen molar-refractivity contribution in [1.82, 2.24) is 5.32 Å². The summed E-state index contributed by atoms with van der Waals surface area (Å²) in [6, 6.07) is 7.39. The van der Waals surface area contributed by atoms with E-state index in [-0.39, 0.29) is 13.2 Å². The van der Waals surface area contributed by atoms with Crippen LogP contribution < -0.4 is 5.32 Å². The van der Waals surface area contributed by atoms with Crippen LogP contribution in [0.15, 0.2) is 30.3 Å². The van der Waals surface area contributed by atoms with Crippen LogP contribution in [0.1, 0.15) is 26.3 Å². The molecule has 0 aliphatic carbocycles. The van der Waals surface area contributed by atoms with Crippen LogP contribution in [0, 0.1) is 5.92 Å². The fourth-order valence-corrected chi connectivity index (χ4v) is 2.08. The van der Waals surface area contributed by atoms with Crippen molar-refractivity contribution in [1.29, 1.82) is 0 Å². The average Bonchev–Trinajstić information content (AvgIpc) is 2.58. The van der Waals surface area contributed by atoms with Gasteiger partial charge >= 0.3 is 18.0 Å². The molecule has 1 amide bonds. The van der Waals surface area contributed by atoms with Crippen molar-refractivity contribution in [3.05, 3.63) is 35.9 Å². The largest absolute Gasteiger partial charge is 0.461 e. The van der Waals surface area contributed by atoms with Crippen molar-refractivity contribution in [2.24, 2.45) is 5.92 Å². The van der Waals surface area contributed by atoms with Gasteiger partial charge in [0, 0.05) is 0 Å². The molecule has 0 aromatic heterocycles. The van der Waals surface area contributed by atoms with E-state index < -0.39 is 36.0 Å². The number of amides is 1. The third-order valence-electron chi connectivity index (χ3n) is 3.47. The lowest BCUT2D eigenvalue weighted by Crippen LogP contribution is -2.57. The number of esters is 1. The summed E-state index contributed by atoms with van der Waals surface area (Å²) in [5.41, 5.74) is 0.719. The topological polar surface area (TPSA) is 84.9 Å². The molecular weight excluding hydrogens is 336 g/mol. The van der Waals surface area contributed by atoms with Gasteiger partial charge in [-0.05, 0) is 18.4 Å². The molecule has 25 heavy (non-hydrogen) atoms. The molecule has 8 heteroatoms. The van der Waals surface area contributed by atoms with Crippen LogP contribution in [0.4, 0.5) is 13.6 Å². The highest BCUT2D eigenvalue weighted by Gasteiger charge is 2.52. The molecule has 0 saturated carbocycles. The number of rotatable bonds is 8. The Morgan fingerprint density at radius 2 is 1.80 bits per heavy atom. The molecule has 1 aromatic rings. The minimum absolute atomic E-state index is 0.0537. The van der Waals surface area contributed by atoms with E-state index in [0.717, 1.165) is 5.56 Å². The van der Waals surface area contributed by atoms with E-state index in [0.29, 0.717) is 0 Å². The molecule has 0 spiro atoms. The number of ether oxygens (including phenoxy) is 2. The Morgan fingerprint density at radius 3 is 2.32 bits per heavy atom. The molecule has 1 rings (SSSR count). The molecule has 2 N–H and O–H groups in total. The molecule has 140 valence electrons. The fraction of sp³-hybridized carbons (Fsp3) is 0.529. The number of hydrogen-bond acceptors (Lipinski definition) is 5. The van der Waals surface area contributed by atoms with Gasteiger partial charge in [0.05, 0.1) is 12.6 Å². The molecular formula is C17H23F2NO5. The molecule has 2 atom stereocenters. The first-order valence-electron chi connectivity index (χ1n) is 7.90. The molecule has 0 aliphatic heterocycles. The van der Waals surface area contributed by atoms with Crippen LogP contribution in [-0.2, 0) is 20.9 Å². The molecule has 0 saturated heterocycles. The first-order valence-corrected chi connectivity index (χ1v) is 7.90. The first kappa shape index (κ1) is 20.8. The van der Waals surface area contributed by atoms with E-state index in [9.17, 15) is 23.5 Å². The SMILES string of the molecule is CCOC(=O)C(F)(F)[C@H](O)[C@H](NC(=O)OCc1ccccc1)C(C)C. The monoisotopic (exact) mass is 359 g/mol. The number of aliphatic hydroxyl groups is 1. The third-order valence-corrected chi connectivity index (χ3v) is 3.47. The van der Waals surface area contributed by atoms with Gasteiger partial charge in [0.2, 0.25) is 0 Å². The van der Waals surface area contributed by atoms with Crippen LogP contribution in [0.2, 0.25) is 0 Å². The molecule has 0 fully saturated rings. The van der Waals surface area contributed by atoms with Gasteiger partial charge in [-0.3, -0.25) is 0 Å². The van der Waals surface area contributed by atoms with Gasteiger partial charge in [-0.15, -0.1) is 0 Å². The van der Waals surface area contributed by atoms with Crippen LogP contribution in [0.5, 0.6) is 0 Å². The number of nitrogens with one attached hydrogen (secondary N) is 1. The summed E-state index contributed by atoms with van der Waals surface area (Å²) in [5.74, 6) is -6.58. The van der Waals surface area contributed by atoms with Crippen molar-refractivity contribution in [2.45, 2.75) is 45.4 Å². The second-order valence-electron chi connectivity index (χ2n) is 5.76. The predicted octanol–water partition coefficient (Wildman–Crippen LogP) is 2.50. The first-order chi connectivity index (χ1) is 11.7. The maximum absolute atomic E-state index is 14.0. The van der Waals surface area contributed by atoms with Gasteiger partial charge in [0.1, 0.15) is 12.7 Å². The third kappa shape index (κ3) is 5.97. The summed E-state index contributed by atoms with van der Waals surface area (Å²) in [7, 11) is 0. The fourth-order valence-electron chi connectivity index (χ4n) is 2.08. The number of carbonyl (C=O) groups is 2. The molecule has 0 heterocycles. The van der Waals surface area contributed by atoms with Crippen molar-refractivity contribution in [3.63, 3.8) is 0 Å². The lowest BCUT2D eigenvalue weighted by molar-refractivity contribution is -0.192. The number of hydrogen-bond donors (Lipinski definition) is 2. The molecule has 0 unspecified atom stereocenters. The maximum Gasteiger partial charge on any atom is 0.407 e. The highest BCUT2D eigenvalue weighted by molar-refractivity contribution is 5.78. The van der Waals surface area contributed by atoms with Crippen molar-refractivity contribution < 1.29 is 33.0 Å². The van der Waals surface area contributed by atoms with E-state index in [1.807, 2.05) is 0 Å². The van der Waals surface area contributed by atoms with Crippen molar-refractivity contribution in [2.75, 3.05) is 6.61 Å². The zero-order valence-corrected chi connectivity index (χ0v) is 14.4. The zero-order chi connectivity index (χ0) is 19.0. The second kappa shape index (κ2) is 9.31. The number of alkyl halides is 2. The molecule has 0 bridgehead atoms. The standard InChI is InChI=1S/C17H23F2NO5/c1-4-24-15(22)17(18,19)14(21)13(11(2)3)20-16(23)25-10-12-8-6-5-7-9-12/h5-9,11,13-14,21H,4,10H2,1-3H3,(H,20,23)/t13-,14-/m1/s1. The highest BCUT2D eigenvalue weighted by Crippen LogP contribution is 2.26. The molecule has 1 aromatic carbocycles. The molecule has 0 aliphatic rings. The minimum atomic E-state index is -4.16. The molecule has 0 radical (unpaired) electrons. The summed E-state index contributed by atoms with van der Waals surface area (Å²) >= 11 is 0. The summed E-state index contributed by atoms with van der Waals surface area (Å²) in [4.78, 5) is 23.2. The zero-order valence-electron chi connectivity index (χ0n) is 14.4. The van der Waals surface area contributed by atoms with Gasteiger partial charge < -0.3 is 19.9 Å². The van der Waals surface area contributed by atoms with Crippen LogP contribution in [0.3, 0.4) is 0 Å². The summed E-state index contributed by atoms with van der Waals surface area (Å²) < 4.78 is 37.2. The lowest BCUT2D eigenvalue weighted by Gasteiger charge is -2.31. The number of halogens is 2. The quantitative estimate of drug-likeness (QED) is 0.697. The minimum Gasteiger partial charge on any atom is -0.461 e. The van der Waals surface area contributed by atoms with E-state index in [2.05, 4.69) is 10.1 Å². The average molecular weight is 359 g/mol. The Hall–Kier alpha value is -2.22. The number of aliphatic hydroxyl groups excluding tert-OH is 1. The number of carbonyl (C=O) groups excluding carboxylic acids is 2. The predicted molar refractivity (Wildman–Crippen MR) is 86.0 cm³/mol. The molecule has 6 nitrogen and oxygen atoms in total. The van der Waals surface area contributed by atoms with Gasteiger partial charge in [0.25, 0.3) is 0 Å². The summed E-state index contributed by atoms with van der Waals surface area (Å²) in [6.45, 7) is 4.11. The van der Waals surface area contributed by atoms with Crippen molar-refractivity contribution in [3.8, 4) is 0 Å². The summed E-state index contributed by atoms with van der Waals surface area (Å²) in [6.07, 6.45) is -3.42. The van der Waals surface area contributed by atoms with Gasteiger partial charge in [-0.25, -0.2) is 9.59 Å². The van der Waals surface area contributed by atoms with Crippen molar-refractivity contribution >= 4 is 12.1 Å². The van der Waals surface area contributed by atoms with Crippen LogP contribution in [-0.4, -0.2) is 41.8 Å².